The molecule has 0 radical (unpaired) electrons. The van der Waals surface area contributed by atoms with Gasteiger partial charge in [0.1, 0.15) is 5.82 Å². The molecule has 1 heterocycles. The topological polar surface area (TPSA) is 103 Å². The van der Waals surface area contributed by atoms with E-state index in [9.17, 15) is 19.3 Å². The van der Waals surface area contributed by atoms with E-state index in [1.807, 2.05) is 0 Å². The summed E-state index contributed by atoms with van der Waals surface area (Å²) in [6.45, 7) is 3.57. The van der Waals surface area contributed by atoms with Crippen LogP contribution in [0, 0.1) is 21.3 Å². The van der Waals surface area contributed by atoms with Crippen LogP contribution in [-0.4, -0.2) is 31.5 Å². The number of nitrogens with one attached hydrogen (secondary N) is 1. The number of non-ortho nitro benzene ring substituents is 1. The summed E-state index contributed by atoms with van der Waals surface area (Å²) in [7, 11) is 0. The van der Waals surface area contributed by atoms with E-state index in [1.54, 1.807) is 42.7 Å². The van der Waals surface area contributed by atoms with Gasteiger partial charge in [0.15, 0.2) is 11.0 Å². The van der Waals surface area contributed by atoms with Crippen molar-refractivity contribution in [3.05, 3.63) is 75.9 Å². The van der Waals surface area contributed by atoms with E-state index in [4.69, 9.17) is 11.6 Å². The molecule has 1 N–H and O–H groups in total. The van der Waals surface area contributed by atoms with E-state index in [0.717, 1.165) is 5.56 Å². The first-order valence-electron chi connectivity index (χ1n) is 9.62. The number of amides is 1. The van der Waals surface area contributed by atoms with Crippen LogP contribution in [0.5, 0.6) is 0 Å². The SMILES string of the molecule is CC(C)(CCl)C(=O)NCc1nnc(SCc2ccc(F)cc2)n1-c1ccc([N+](=O)[O-])cc1. The normalized spacial score (nSPS) is 11.4. The fraction of sp³-hybridized carbons (Fsp3) is 0.286. The highest BCUT2D eigenvalue weighted by molar-refractivity contribution is 7.98. The maximum Gasteiger partial charge on any atom is 0.269 e. The van der Waals surface area contributed by atoms with Crippen LogP contribution < -0.4 is 5.32 Å². The Labute approximate surface area is 193 Å². The van der Waals surface area contributed by atoms with Gasteiger partial charge in [-0.15, -0.1) is 21.8 Å². The molecule has 8 nitrogen and oxygen atoms in total. The lowest BCUT2D eigenvalue weighted by Gasteiger charge is -2.20. The molecule has 3 rings (SSSR count). The van der Waals surface area contributed by atoms with Crippen molar-refractivity contribution < 1.29 is 14.1 Å². The number of halogens is 2. The molecule has 0 atom stereocenters. The second kappa shape index (κ2) is 10.1. The molecule has 0 bridgehead atoms. The van der Waals surface area contributed by atoms with E-state index in [2.05, 4.69) is 15.5 Å². The molecule has 0 aliphatic rings. The number of thioether (sulfide) groups is 1. The molecule has 11 heteroatoms. The molecule has 32 heavy (non-hydrogen) atoms. The lowest BCUT2D eigenvalue weighted by atomic mass is 9.95. The van der Waals surface area contributed by atoms with Gasteiger partial charge in [-0.05, 0) is 43.7 Å². The average Bonchev–Trinajstić information content (AvgIpc) is 3.19. The molecule has 0 aliphatic heterocycles. The fourth-order valence-electron chi connectivity index (χ4n) is 2.68. The predicted molar refractivity (Wildman–Crippen MR) is 120 cm³/mol. The summed E-state index contributed by atoms with van der Waals surface area (Å²) < 4.78 is 14.9. The van der Waals surface area contributed by atoms with Gasteiger partial charge in [0.2, 0.25) is 5.91 Å². The largest absolute Gasteiger partial charge is 0.348 e. The zero-order chi connectivity index (χ0) is 23.3. The van der Waals surface area contributed by atoms with Crippen LogP contribution in [0.15, 0.2) is 53.7 Å². The maximum atomic E-state index is 13.2. The standard InChI is InChI=1S/C21H21ClFN5O3S/c1-21(2,13-22)19(29)24-11-18-25-26-20(32-12-14-3-5-15(23)6-4-14)27(18)16-7-9-17(10-8-16)28(30)31/h3-10H,11-13H2,1-2H3,(H,24,29). The van der Waals surface area contributed by atoms with Crippen molar-refractivity contribution in [3.63, 3.8) is 0 Å². The Morgan fingerprint density at radius 1 is 1.19 bits per heavy atom. The summed E-state index contributed by atoms with van der Waals surface area (Å²) in [6.07, 6.45) is 0. The monoisotopic (exact) mass is 477 g/mol. The van der Waals surface area contributed by atoms with Crippen molar-refractivity contribution in [1.82, 2.24) is 20.1 Å². The number of nitro benzene ring substituents is 1. The molecule has 0 aliphatic carbocycles. The summed E-state index contributed by atoms with van der Waals surface area (Å²) in [5, 5.41) is 22.8. The second-order valence-electron chi connectivity index (χ2n) is 7.62. The minimum absolute atomic E-state index is 0.0407. The Morgan fingerprint density at radius 3 is 2.44 bits per heavy atom. The van der Waals surface area contributed by atoms with Gasteiger partial charge in [0.25, 0.3) is 5.69 Å². The lowest BCUT2D eigenvalue weighted by Crippen LogP contribution is -2.38. The molecule has 0 fully saturated rings. The van der Waals surface area contributed by atoms with Crippen molar-refractivity contribution in [1.29, 1.82) is 0 Å². The number of hydrogen-bond acceptors (Lipinski definition) is 6. The first-order valence-corrected chi connectivity index (χ1v) is 11.1. The van der Waals surface area contributed by atoms with E-state index >= 15 is 0 Å². The third kappa shape index (κ3) is 5.63. The number of nitrogens with zero attached hydrogens (tertiary/aromatic N) is 4. The van der Waals surface area contributed by atoms with Gasteiger partial charge in [0, 0.05) is 29.5 Å². The molecular weight excluding hydrogens is 457 g/mol. The van der Waals surface area contributed by atoms with Gasteiger partial charge in [-0.25, -0.2) is 4.39 Å². The molecule has 3 aromatic rings. The average molecular weight is 478 g/mol. The van der Waals surface area contributed by atoms with Crippen molar-refractivity contribution in [2.75, 3.05) is 5.88 Å². The smallest absolute Gasteiger partial charge is 0.269 e. The van der Waals surface area contributed by atoms with Gasteiger partial charge < -0.3 is 5.32 Å². The highest BCUT2D eigenvalue weighted by Gasteiger charge is 2.27. The molecule has 1 amide bonds. The molecule has 0 unspecified atom stereocenters. The number of alkyl halides is 1. The number of carbonyl (C=O) groups excluding carboxylic acids is 1. The Hall–Kier alpha value is -2.98. The Balaban J connectivity index is 1.88. The van der Waals surface area contributed by atoms with Crippen LogP contribution in [0.3, 0.4) is 0 Å². The third-order valence-corrected chi connectivity index (χ3v) is 6.32. The molecule has 1 aromatic heterocycles. The highest BCUT2D eigenvalue weighted by atomic mass is 35.5. The van der Waals surface area contributed by atoms with Crippen LogP contribution in [0.25, 0.3) is 5.69 Å². The number of hydrogen-bond donors (Lipinski definition) is 1. The van der Waals surface area contributed by atoms with E-state index in [0.29, 0.717) is 22.4 Å². The first kappa shape index (κ1) is 23.7. The molecule has 2 aromatic carbocycles. The Kier molecular flexibility index (Phi) is 7.47. The predicted octanol–water partition coefficient (Wildman–Crippen LogP) is 4.49. The molecular formula is C21H21ClFN5O3S. The number of benzene rings is 2. The molecule has 0 saturated carbocycles. The Morgan fingerprint density at radius 2 is 1.84 bits per heavy atom. The van der Waals surface area contributed by atoms with Crippen LogP contribution in [0.1, 0.15) is 25.2 Å². The van der Waals surface area contributed by atoms with Gasteiger partial charge in [-0.2, -0.15) is 0 Å². The zero-order valence-corrected chi connectivity index (χ0v) is 19.0. The van der Waals surface area contributed by atoms with Crippen molar-refractivity contribution >= 4 is 35.0 Å². The fourth-order valence-corrected chi connectivity index (χ4v) is 3.73. The summed E-state index contributed by atoms with van der Waals surface area (Å²) in [6, 6.07) is 12.1. The highest BCUT2D eigenvalue weighted by Crippen LogP contribution is 2.27. The van der Waals surface area contributed by atoms with Crippen molar-refractivity contribution in [3.8, 4) is 5.69 Å². The first-order chi connectivity index (χ1) is 15.2. The van der Waals surface area contributed by atoms with Gasteiger partial charge in [-0.3, -0.25) is 19.5 Å². The van der Waals surface area contributed by atoms with Crippen molar-refractivity contribution in [2.24, 2.45) is 5.41 Å². The van der Waals surface area contributed by atoms with Gasteiger partial charge in [0.05, 0.1) is 16.9 Å². The number of rotatable bonds is 9. The Bertz CT molecular complexity index is 1100. The van der Waals surface area contributed by atoms with Crippen LogP contribution in [0.2, 0.25) is 0 Å². The summed E-state index contributed by atoms with van der Waals surface area (Å²) in [5.41, 5.74) is 0.720. The van der Waals surface area contributed by atoms with Gasteiger partial charge >= 0.3 is 0 Å². The van der Waals surface area contributed by atoms with Crippen LogP contribution in [0.4, 0.5) is 10.1 Å². The third-order valence-electron chi connectivity index (χ3n) is 4.66. The van der Waals surface area contributed by atoms with Crippen LogP contribution >= 0.6 is 23.4 Å². The molecule has 0 spiro atoms. The lowest BCUT2D eigenvalue weighted by molar-refractivity contribution is -0.384. The van der Waals surface area contributed by atoms with E-state index < -0.39 is 10.3 Å². The second-order valence-corrected chi connectivity index (χ2v) is 8.83. The van der Waals surface area contributed by atoms with Crippen molar-refractivity contribution in [2.45, 2.75) is 31.3 Å². The molecule has 168 valence electrons. The quantitative estimate of drug-likeness (QED) is 0.211. The summed E-state index contributed by atoms with van der Waals surface area (Å²) in [5.74, 6) is 0.583. The zero-order valence-electron chi connectivity index (χ0n) is 17.4. The van der Waals surface area contributed by atoms with E-state index in [-0.39, 0.29) is 29.8 Å². The number of nitro groups is 1. The van der Waals surface area contributed by atoms with E-state index in [1.165, 1.54) is 36.0 Å². The minimum Gasteiger partial charge on any atom is -0.348 e. The molecule has 0 saturated heterocycles. The minimum atomic E-state index is -0.750. The number of aromatic nitrogens is 3. The number of carbonyl (C=O) groups is 1. The summed E-state index contributed by atoms with van der Waals surface area (Å²) in [4.78, 5) is 22.9. The van der Waals surface area contributed by atoms with Gasteiger partial charge in [-0.1, -0.05) is 23.9 Å². The maximum absolute atomic E-state index is 13.2. The summed E-state index contributed by atoms with van der Waals surface area (Å²) >= 11 is 7.25. The van der Waals surface area contributed by atoms with Crippen LogP contribution in [-0.2, 0) is 17.1 Å².